The molecule has 0 heterocycles. The molecule has 0 unspecified atom stereocenters. The second-order valence-corrected chi connectivity index (χ2v) is 6.32. The number of aryl methyl sites for hydroxylation is 1. The van der Waals surface area contributed by atoms with Crippen molar-refractivity contribution >= 4 is 11.6 Å². The Balaban J connectivity index is 1.62. The van der Waals surface area contributed by atoms with Gasteiger partial charge in [-0.1, -0.05) is 42.5 Å². The number of methoxy groups -OCH3 is 1. The van der Waals surface area contributed by atoms with E-state index in [0.717, 1.165) is 17.7 Å². The minimum atomic E-state index is -0.156. The molecule has 0 saturated heterocycles. The molecular formula is C22H19NO2. The lowest BCUT2D eigenvalue weighted by atomic mass is 10.1. The molecule has 3 aromatic carbocycles. The maximum atomic E-state index is 12.7. The summed E-state index contributed by atoms with van der Waals surface area (Å²) in [5.41, 5.74) is 7.42. The lowest BCUT2D eigenvalue weighted by Gasteiger charge is -2.12. The molecule has 124 valence electrons. The Bertz CT molecular complexity index is 976. The van der Waals surface area contributed by atoms with Crippen LogP contribution in [0.3, 0.4) is 0 Å². The first-order chi connectivity index (χ1) is 12.2. The van der Waals surface area contributed by atoms with Gasteiger partial charge in [-0.25, -0.2) is 0 Å². The number of amides is 1. The standard InChI is InChI=1S/C22H19NO2/c1-14-6-5-9-20(21(14)25-2)22(24)23-17-10-11-19-16(13-17)12-15-7-3-4-8-18(15)19/h3-11,13H,12H2,1-2H3,(H,23,24). The summed E-state index contributed by atoms with van der Waals surface area (Å²) >= 11 is 0. The van der Waals surface area contributed by atoms with E-state index in [1.807, 2.05) is 25.1 Å². The quantitative estimate of drug-likeness (QED) is 0.585. The second-order valence-electron chi connectivity index (χ2n) is 6.32. The number of benzene rings is 3. The molecule has 0 bridgehead atoms. The van der Waals surface area contributed by atoms with Crippen LogP contribution in [0.5, 0.6) is 5.75 Å². The molecule has 3 aromatic rings. The predicted octanol–water partition coefficient (Wildman–Crippen LogP) is 4.83. The highest BCUT2D eigenvalue weighted by Crippen LogP contribution is 2.37. The number of hydrogen-bond donors (Lipinski definition) is 1. The van der Waals surface area contributed by atoms with Crippen LogP contribution < -0.4 is 10.1 Å². The summed E-state index contributed by atoms with van der Waals surface area (Å²) in [7, 11) is 1.59. The Morgan fingerprint density at radius 2 is 1.76 bits per heavy atom. The molecule has 4 rings (SSSR count). The molecule has 3 heteroatoms. The number of anilines is 1. The number of para-hydroxylation sites is 1. The Hall–Kier alpha value is -3.07. The summed E-state index contributed by atoms with van der Waals surface area (Å²) < 4.78 is 5.39. The summed E-state index contributed by atoms with van der Waals surface area (Å²) in [6, 6.07) is 20.1. The maximum Gasteiger partial charge on any atom is 0.259 e. The zero-order valence-corrected chi connectivity index (χ0v) is 14.3. The average molecular weight is 329 g/mol. The van der Waals surface area contributed by atoms with Crippen LogP contribution >= 0.6 is 0 Å². The molecule has 3 nitrogen and oxygen atoms in total. The summed E-state index contributed by atoms with van der Waals surface area (Å²) in [6.07, 6.45) is 0.906. The fourth-order valence-electron chi connectivity index (χ4n) is 3.52. The van der Waals surface area contributed by atoms with Crippen LogP contribution in [0.25, 0.3) is 11.1 Å². The Morgan fingerprint density at radius 3 is 2.60 bits per heavy atom. The van der Waals surface area contributed by atoms with Crippen molar-refractivity contribution in [1.82, 2.24) is 0 Å². The first-order valence-corrected chi connectivity index (χ1v) is 8.33. The van der Waals surface area contributed by atoms with Gasteiger partial charge in [0.1, 0.15) is 5.75 Å². The highest BCUT2D eigenvalue weighted by molar-refractivity contribution is 6.06. The average Bonchev–Trinajstić information content (AvgIpc) is 2.99. The minimum absolute atomic E-state index is 0.156. The van der Waals surface area contributed by atoms with Crippen molar-refractivity contribution in [3.8, 4) is 16.9 Å². The lowest BCUT2D eigenvalue weighted by Crippen LogP contribution is -2.13. The fraction of sp³-hybridized carbons (Fsp3) is 0.136. The monoisotopic (exact) mass is 329 g/mol. The molecular weight excluding hydrogens is 310 g/mol. The number of carbonyl (C=O) groups excluding carboxylic acids is 1. The minimum Gasteiger partial charge on any atom is -0.496 e. The van der Waals surface area contributed by atoms with Gasteiger partial charge in [0.05, 0.1) is 12.7 Å². The van der Waals surface area contributed by atoms with Gasteiger partial charge >= 0.3 is 0 Å². The van der Waals surface area contributed by atoms with E-state index in [9.17, 15) is 4.79 Å². The van der Waals surface area contributed by atoms with Crippen LogP contribution in [0.2, 0.25) is 0 Å². The van der Waals surface area contributed by atoms with Crippen LogP contribution in [0, 0.1) is 6.92 Å². The van der Waals surface area contributed by atoms with Crippen molar-refractivity contribution in [3.63, 3.8) is 0 Å². The Labute approximate surface area is 147 Å². The van der Waals surface area contributed by atoms with Crippen LogP contribution in [0.15, 0.2) is 60.7 Å². The van der Waals surface area contributed by atoms with E-state index in [2.05, 4.69) is 41.7 Å². The van der Waals surface area contributed by atoms with Crippen LogP contribution in [0.1, 0.15) is 27.0 Å². The molecule has 1 N–H and O–H groups in total. The molecule has 25 heavy (non-hydrogen) atoms. The molecule has 1 aliphatic rings. The van der Waals surface area contributed by atoms with Gasteiger partial charge in [0, 0.05) is 5.69 Å². The van der Waals surface area contributed by atoms with Gasteiger partial charge < -0.3 is 10.1 Å². The predicted molar refractivity (Wildman–Crippen MR) is 100 cm³/mol. The summed E-state index contributed by atoms with van der Waals surface area (Å²) in [5, 5.41) is 3.00. The van der Waals surface area contributed by atoms with E-state index >= 15 is 0 Å². The van der Waals surface area contributed by atoms with Gasteiger partial charge in [0.15, 0.2) is 0 Å². The number of hydrogen-bond acceptors (Lipinski definition) is 2. The third-order valence-electron chi connectivity index (χ3n) is 4.71. The van der Waals surface area contributed by atoms with Gasteiger partial charge in [-0.3, -0.25) is 4.79 Å². The molecule has 0 atom stereocenters. The van der Waals surface area contributed by atoms with Crippen LogP contribution in [-0.4, -0.2) is 13.0 Å². The van der Waals surface area contributed by atoms with Crippen molar-refractivity contribution < 1.29 is 9.53 Å². The normalized spacial score (nSPS) is 11.6. The Morgan fingerprint density at radius 1 is 0.960 bits per heavy atom. The third-order valence-corrected chi connectivity index (χ3v) is 4.71. The number of rotatable bonds is 3. The van der Waals surface area contributed by atoms with Crippen molar-refractivity contribution in [2.45, 2.75) is 13.3 Å². The highest BCUT2D eigenvalue weighted by Gasteiger charge is 2.19. The van der Waals surface area contributed by atoms with Gasteiger partial charge in [-0.2, -0.15) is 0 Å². The largest absolute Gasteiger partial charge is 0.496 e. The zero-order valence-electron chi connectivity index (χ0n) is 14.3. The van der Waals surface area contributed by atoms with Gasteiger partial charge in [0.2, 0.25) is 0 Å². The topological polar surface area (TPSA) is 38.3 Å². The fourth-order valence-corrected chi connectivity index (χ4v) is 3.52. The van der Waals surface area contributed by atoms with Crippen LogP contribution in [-0.2, 0) is 6.42 Å². The number of carbonyl (C=O) groups is 1. The molecule has 0 aliphatic heterocycles. The van der Waals surface area contributed by atoms with Crippen LogP contribution in [0.4, 0.5) is 5.69 Å². The molecule has 0 fully saturated rings. The molecule has 0 saturated carbocycles. The smallest absolute Gasteiger partial charge is 0.259 e. The third kappa shape index (κ3) is 2.68. The van der Waals surface area contributed by atoms with Crippen molar-refractivity contribution in [2.75, 3.05) is 12.4 Å². The molecule has 0 spiro atoms. The Kier molecular flexibility index (Phi) is 3.77. The van der Waals surface area contributed by atoms with E-state index in [1.54, 1.807) is 13.2 Å². The van der Waals surface area contributed by atoms with Crippen molar-refractivity contribution in [2.24, 2.45) is 0 Å². The SMILES string of the molecule is COc1c(C)cccc1C(=O)Nc1ccc2c(c1)Cc1ccccc1-2. The molecule has 0 aromatic heterocycles. The second kappa shape index (κ2) is 6.10. The summed E-state index contributed by atoms with van der Waals surface area (Å²) in [4.78, 5) is 12.7. The van der Waals surface area contributed by atoms with E-state index in [0.29, 0.717) is 11.3 Å². The van der Waals surface area contributed by atoms with Gasteiger partial charge in [0.25, 0.3) is 5.91 Å². The zero-order chi connectivity index (χ0) is 17.4. The van der Waals surface area contributed by atoms with Gasteiger partial charge in [-0.05, 0) is 59.4 Å². The number of ether oxygens (including phenoxy) is 1. The van der Waals surface area contributed by atoms with Crippen molar-refractivity contribution in [3.05, 3.63) is 82.9 Å². The first-order valence-electron chi connectivity index (χ1n) is 8.33. The lowest BCUT2D eigenvalue weighted by molar-refractivity contribution is 0.102. The van der Waals surface area contributed by atoms with E-state index in [1.165, 1.54) is 22.3 Å². The number of nitrogens with one attached hydrogen (secondary N) is 1. The number of fused-ring (bicyclic) bond motifs is 3. The summed E-state index contributed by atoms with van der Waals surface area (Å²) in [5.74, 6) is 0.463. The van der Waals surface area contributed by atoms with E-state index in [-0.39, 0.29) is 5.91 Å². The van der Waals surface area contributed by atoms with E-state index in [4.69, 9.17) is 4.74 Å². The first kappa shape index (κ1) is 15.5. The molecule has 0 radical (unpaired) electrons. The summed E-state index contributed by atoms with van der Waals surface area (Å²) in [6.45, 7) is 1.93. The molecule has 1 aliphatic carbocycles. The van der Waals surface area contributed by atoms with E-state index < -0.39 is 0 Å². The maximum absolute atomic E-state index is 12.7. The highest BCUT2D eigenvalue weighted by atomic mass is 16.5. The molecule has 1 amide bonds. The van der Waals surface area contributed by atoms with Gasteiger partial charge in [-0.15, -0.1) is 0 Å². The van der Waals surface area contributed by atoms with Crippen molar-refractivity contribution in [1.29, 1.82) is 0 Å².